The number of rotatable bonds is 5. The van der Waals surface area contributed by atoms with Crippen LogP contribution in [0.4, 0.5) is 0 Å². The fraction of sp³-hybridized carbons (Fsp3) is 0.300. The largest absolute Gasteiger partial charge is 0.335 e. The van der Waals surface area contributed by atoms with E-state index in [9.17, 15) is 8.42 Å². The van der Waals surface area contributed by atoms with Crippen molar-refractivity contribution in [1.29, 1.82) is 0 Å². The maximum atomic E-state index is 12.2. The second-order valence-corrected chi connectivity index (χ2v) is 6.37. The fourth-order valence-electron chi connectivity index (χ4n) is 1.47. The first kappa shape index (κ1) is 12.3. The van der Waals surface area contributed by atoms with Gasteiger partial charge in [0.1, 0.15) is 0 Å². The van der Waals surface area contributed by atoms with Gasteiger partial charge < -0.3 is 4.98 Å². The molecule has 0 unspecified atom stereocenters. The SMILES string of the molecule is CCN(Cc1cccs1)S(=O)(=O)c1cnc[nH]1. The summed E-state index contributed by atoms with van der Waals surface area (Å²) in [5.74, 6) is 0. The zero-order chi connectivity index (χ0) is 12.3. The van der Waals surface area contributed by atoms with Crippen LogP contribution in [0.1, 0.15) is 11.8 Å². The minimum absolute atomic E-state index is 0.135. The molecule has 0 saturated carbocycles. The lowest BCUT2D eigenvalue weighted by Gasteiger charge is -2.18. The third-order valence-corrected chi connectivity index (χ3v) is 5.06. The summed E-state index contributed by atoms with van der Waals surface area (Å²) in [5, 5.41) is 2.07. The van der Waals surface area contributed by atoms with Crippen molar-refractivity contribution in [3.05, 3.63) is 34.9 Å². The summed E-state index contributed by atoms with van der Waals surface area (Å²) in [6.07, 6.45) is 2.69. The van der Waals surface area contributed by atoms with E-state index in [1.165, 1.54) is 16.8 Å². The summed E-state index contributed by atoms with van der Waals surface area (Å²) in [6.45, 7) is 2.65. The van der Waals surface area contributed by atoms with E-state index in [1.54, 1.807) is 11.3 Å². The lowest BCUT2D eigenvalue weighted by Crippen LogP contribution is -2.30. The number of sulfonamides is 1. The molecule has 2 rings (SSSR count). The van der Waals surface area contributed by atoms with Crippen molar-refractivity contribution >= 4 is 21.4 Å². The van der Waals surface area contributed by atoms with Crippen LogP contribution in [0, 0.1) is 0 Å². The molecule has 1 N–H and O–H groups in total. The Kier molecular flexibility index (Phi) is 3.60. The molecule has 0 saturated heterocycles. The number of hydrogen-bond donors (Lipinski definition) is 1. The van der Waals surface area contributed by atoms with Gasteiger partial charge >= 0.3 is 0 Å². The highest BCUT2D eigenvalue weighted by Gasteiger charge is 2.24. The smallest absolute Gasteiger partial charge is 0.260 e. The van der Waals surface area contributed by atoms with Crippen molar-refractivity contribution < 1.29 is 8.42 Å². The third kappa shape index (κ3) is 2.56. The number of aromatic amines is 1. The van der Waals surface area contributed by atoms with E-state index >= 15 is 0 Å². The van der Waals surface area contributed by atoms with E-state index in [2.05, 4.69) is 9.97 Å². The molecule has 2 heterocycles. The number of thiophene rings is 1. The molecule has 0 atom stereocenters. The highest BCUT2D eigenvalue weighted by molar-refractivity contribution is 7.89. The van der Waals surface area contributed by atoms with Crippen LogP contribution >= 0.6 is 11.3 Å². The highest BCUT2D eigenvalue weighted by atomic mass is 32.2. The molecule has 0 fully saturated rings. The minimum atomic E-state index is -3.46. The molecule has 0 amide bonds. The molecule has 2 aromatic rings. The quantitative estimate of drug-likeness (QED) is 0.899. The molecule has 2 aromatic heterocycles. The lowest BCUT2D eigenvalue weighted by molar-refractivity contribution is 0.424. The standard InChI is InChI=1S/C10H13N3O2S2/c1-2-13(7-9-4-3-5-16-9)17(14,15)10-6-11-8-12-10/h3-6,8H,2,7H2,1H3,(H,11,12). The highest BCUT2D eigenvalue weighted by Crippen LogP contribution is 2.18. The average Bonchev–Trinajstić information content (AvgIpc) is 2.98. The number of aromatic nitrogens is 2. The van der Waals surface area contributed by atoms with Gasteiger partial charge in [-0.25, -0.2) is 13.4 Å². The summed E-state index contributed by atoms with van der Waals surface area (Å²) in [6, 6.07) is 3.84. The van der Waals surface area contributed by atoms with E-state index in [-0.39, 0.29) is 5.03 Å². The van der Waals surface area contributed by atoms with Crippen LogP contribution in [-0.2, 0) is 16.6 Å². The van der Waals surface area contributed by atoms with E-state index in [4.69, 9.17) is 0 Å². The first-order chi connectivity index (χ1) is 8.14. The Labute approximate surface area is 104 Å². The predicted molar refractivity (Wildman–Crippen MR) is 66.2 cm³/mol. The summed E-state index contributed by atoms with van der Waals surface area (Å²) in [7, 11) is -3.46. The maximum Gasteiger partial charge on any atom is 0.260 e. The van der Waals surface area contributed by atoms with Crippen LogP contribution < -0.4 is 0 Å². The molecule has 0 aliphatic rings. The van der Waals surface area contributed by atoms with E-state index in [0.29, 0.717) is 13.1 Å². The van der Waals surface area contributed by atoms with Crippen LogP contribution in [-0.4, -0.2) is 29.2 Å². The van der Waals surface area contributed by atoms with Gasteiger partial charge in [-0.3, -0.25) is 0 Å². The van der Waals surface area contributed by atoms with Crippen LogP contribution in [0.15, 0.2) is 35.1 Å². The summed E-state index contributed by atoms with van der Waals surface area (Å²) >= 11 is 1.55. The normalized spacial score (nSPS) is 12.1. The van der Waals surface area contributed by atoms with E-state index in [0.717, 1.165) is 4.88 Å². The van der Waals surface area contributed by atoms with Crippen molar-refractivity contribution in [2.75, 3.05) is 6.54 Å². The number of nitrogens with zero attached hydrogens (tertiary/aromatic N) is 2. The van der Waals surface area contributed by atoms with E-state index in [1.807, 2.05) is 24.4 Å². The van der Waals surface area contributed by atoms with Crippen LogP contribution in [0.2, 0.25) is 0 Å². The molecular weight excluding hydrogens is 258 g/mol. The zero-order valence-corrected chi connectivity index (χ0v) is 11.0. The molecule has 92 valence electrons. The zero-order valence-electron chi connectivity index (χ0n) is 9.33. The predicted octanol–water partition coefficient (Wildman–Crippen LogP) is 1.68. The van der Waals surface area contributed by atoms with Gasteiger partial charge in [-0.1, -0.05) is 13.0 Å². The van der Waals surface area contributed by atoms with Gasteiger partial charge in [-0.2, -0.15) is 4.31 Å². The first-order valence-electron chi connectivity index (χ1n) is 5.15. The topological polar surface area (TPSA) is 66.1 Å². The molecule has 17 heavy (non-hydrogen) atoms. The van der Waals surface area contributed by atoms with Gasteiger partial charge in [-0.15, -0.1) is 11.3 Å². The van der Waals surface area contributed by atoms with Crippen molar-refractivity contribution in [3.8, 4) is 0 Å². The maximum absolute atomic E-state index is 12.2. The summed E-state index contributed by atoms with van der Waals surface area (Å²) in [5.41, 5.74) is 0. The molecule has 0 bridgehead atoms. The number of nitrogens with one attached hydrogen (secondary N) is 1. The van der Waals surface area contributed by atoms with Crippen molar-refractivity contribution in [3.63, 3.8) is 0 Å². The van der Waals surface area contributed by atoms with Crippen LogP contribution in [0.3, 0.4) is 0 Å². The van der Waals surface area contributed by atoms with Gasteiger partial charge in [-0.05, 0) is 11.4 Å². The summed E-state index contributed by atoms with van der Waals surface area (Å²) < 4.78 is 25.8. The monoisotopic (exact) mass is 271 g/mol. The van der Waals surface area contributed by atoms with Gasteiger partial charge in [0.2, 0.25) is 0 Å². The number of hydrogen-bond acceptors (Lipinski definition) is 4. The lowest BCUT2D eigenvalue weighted by atomic mass is 10.4. The fourth-order valence-corrected chi connectivity index (χ4v) is 3.59. The Hall–Kier alpha value is -1.18. The number of H-pyrrole nitrogens is 1. The van der Waals surface area contributed by atoms with Crippen molar-refractivity contribution in [2.45, 2.75) is 18.5 Å². The molecular formula is C10H13N3O2S2. The number of imidazole rings is 1. The molecule has 5 nitrogen and oxygen atoms in total. The van der Waals surface area contributed by atoms with E-state index < -0.39 is 10.0 Å². The minimum Gasteiger partial charge on any atom is -0.335 e. The molecule has 0 aliphatic heterocycles. The average molecular weight is 271 g/mol. The second-order valence-electron chi connectivity index (χ2n) is 3.43. The molecule has 0 radical (unpaired) electrons. The molecule has 0 aliphatic carbocycles. The first-order valence-corrected chi connectivity index (χ1v) is 7.47. The van der Waals surface area contributed by atoms with Gasteiger partial charge in [0.05, 0.1) is 12.5 Å². The van der Waals surface area contributed by atoms with Crippen LogP contribution in [0.5, 0.6) is 0 Å². The third-order valence-electron chi connectivity index (χ3n) is 2.36. The molecule has 0 aromatic carbocycles. The van der Waals surface area contributed by atoms with Gasteiger partial charge in [0.15, 0.2) is 5.03 Å². The molecule has 0 spiro atoms. The van der Waals surface area contributed by atoms with Crippen molar-refractivity contribution in [2.24, 2.45) is 0 Å². The Bertz CT molecular complexity index is 546. The second kappa shape index (κ2) is 4.99. The Balaban J connectivity index is 2.24. The Morgan fingerprint density at radius 1 is 1.53 bits per heavy atom. The Morgan fingerprint density at radius 2 is 2.35 bits per heavy atom. The van der Waals surface area contributed by atoms with Gasteiger partial charge in [0, 0.05) is 18.0 Å². The summed E-state index contributed by atoms with van der Waals surface area (Å²) in [4.78, 5) is 7.40. The Morgan fingerprint density at radius 3 is 2.88 bits per heavy atom. The van der Waals surface area contributed by atoms with Crippen LogP contribution in [0.25, 0.3) is 0 Å². The van der Waals surface area contributed by atoms with Crippen molar-refractivity contribution in [1.82, 2.24) is 14.3 Å². The van der Waals surface area contributed by atoms with Gasteiger partial charge in [0.25, 0.3) is 10.0 Å². The molecule has 7 heteroatoms.